The van der Waals surface area contributed by atoms with Gasteiger partial charge in [0.1, 0.15) is 0 Å². The van der Waals surface area contributed by atoms with Crippen LogP contribution in [0.5, 0.6) is 0 Å². The largest absolute Gasteiger partial charge is 0.381 e. The lowest BCUT2D eigenvalue weighted by Gasteiger charge is -2.07. The number of rotatable bonds is 6. The van der Waals surface area contributed by atoms with Crippen molar-refractivity contribution < 1.29 is 4.74 Å². The Bertz CT molecular complexity index is 520. The second-order valence-corrected chi connectivity index (χ2v) is 5.16. The third-order valence-electron chi connectivity index (χ3n) is 3.59. The first-order chi connectivity index (χ1) is 9.92. The molecular formula is C15H20N4O. The molecule has 2 aromatic rings. The normalized spacial score (nSPS) is 18.5. The Balaban J connectivity index is 1.45. The lowest BCUT2D eigenvalue weighted by molar-refractivity contribution is 0.184. The fraction of sp³-hybridized carbons (Fsp3) is 0.467. The molecule has 106 valence electrons. The van der Waals surface area contributed by atoms with Gasteiger partial charge in [-0.1, -0.05) is 18.2 Å². The van der Waals surface area contributed by atoms with Crippen molar-refractivity contribution in [3.63, 3.8) is 0 Å². The molecule has 20 heavy (non-hydrogen) atoms. The Morgan fingerprint density at radius 3 is 3.00 bits per heavy atom. The lowest BCUT2D eigenvalue weighted by atomic mass is 10.1. The van der Waals surface area contributed by atoms with Crippen molar-refractivity contribution in [2.75, 3.05) is 19.8 Å². The summed E-state index contributed by atoms with van der Waals surface area (Å²) in [6.45, 7) is 3.62. The van der Waals surface area contributed by atoms with E-state index in [1.807, 2.05) is 36.5 Å². The van der Waals surface area contributed by atoms with Gasteiger partial charge >= 0.3 is 0 Å². The number of ether oxygens (including phenoxy) is 1. The second kappa shape index (κ2) is 6.63. The van der Waals surface area contributed by atoms with Crippen LogP contribution < -0.4 is 5.32 Å². The average molecular weight is 272 g/mol. The first kappa shape index (κ1) is 13.3. The summed E-state index contributed by atoms with van der Waals surface area (Å²) in [5.74, 6) is 0.725. The van der Waals surface area contributed by atoms with E-state index in [1.165, 1.54) is 12.8 Å². The van der Waals surface area contributed by atoms with Crippen molar-refractivity contribution >= 4 is 0 Å². The van der Waals surface area contributed by atoms with E-state index in [0.717, 1.165) is 43.6 Å². The van der Waals surface area contributed by atoms with E-state index in [1.54, 1.807) is 4.80 Å². The number of para-hydroxylation sites is 1. The number of hydrogen-bond acceptors (Lipinski definition) is 4. The minimum absolute atomic E-state index is 0.725. The van der Waals surface area contributed by atoms with Gasteiger partial charge in [0, 0.05) is 19.8 Å². The smallest absolute Gasteiger partial charge is 0.0969 e. The zero-order valence-corrected chi connectivity index (χ0v) is 11.5. The maximum atomic E-state index is 5.37. The molecule has 0 spiro atoms. The van der Waals surface area contributed by atoms with Gasteiger partial charge in [0.05, 0.1) is 17.6 Å². The zero-order valence-electron chi connectivity index (χ0n) is 11.5. The summed E-state index contributed by atoms with van der Waals surface area (Å²) in [7, 11) is 0. The topological polar surface area (TPSA) is 52.0 Å². The predicted molar refractivity (Wildman–Crippen MR) is 76.6 cm³/mol. The number of nitrogens with one attached hydrogen (secondary N) is 1. The van der Waals surface area contributed by atoms with E-state index in [2.05, 4.69) is 15.5 Å². The van der Waals surface area contributed by atoms with Crippen LogP contribution in [0.2, 0.25) is 0 Å². The summed E-state index contributed by atoms with van der Waals surface area (Å²) in [6.07, 6.45) is 4.19. The van der Waals surface area contributed by atoms with Gasteiger partial charge in [0.2, 0.25) is 0 Å². The molecule has 0 saturated carbocycles. The van der Waals surface area contributed by atoms with Crippen molar-refractivity contribution in [1.29, 1.82) is 0 Å². The maximum absolute atomic E-state index is 5.37. The van der Waals surface area contributed by atoms with Crippen LogP contribution in [0.15, 0.2) is 36.5 Å². The Morgan fingerprint density at radius 1 is 1.30 bits per heavy atom. The van der Waals surface area contributed by atoms with Crippen molar-refractivity contribution in [2.24, 2.45) is 5.92 Å². The van der Waals surface area contributed by atoms with Gasteiger partial charge in [-0.15, -0.1) is 0 Å². The predicted octanol–water partition coefficient (Wildman–Crippen LogP) is 1.78. The number of benzene rings is 1. The molecule has 1 fully saturated rings. The Hall–Kier alpha value is -1.72. The molecule has 3 rings (SSSR count). The van der Waals surface area contributed by atoms with Crippen LogP contribution in [0.25, 0.3) is 5.69 Å². The minimum atomic E-state index is 0.725. The van der Waals surface area contributed by atoms with E-state index in [-0.39, 0.29) is 0 Å². The highest BCUT2D eigenvalue weighted by molar-refractivity contribution is 5.28. The SMILES string of the molecule is c1ccc(-n2ncc(CNCCC3CCOC3)n2)cc1. The summed E-state index contributed by atoms with van der Waals surface area (Å²) in [5.41, 5.74) is 1.96. The van der Waals surface area contributed by atoms with Crippen LogP contribution in [-0.4, -0.2) is 34.8 Å². The summed E-state index contributed by atoms with van der Waals surface area (Å²) >= 11 is 0. The first-order valence-electron chi connectivity index (χ1n) is 7.17. The molecule has 0 bridgehead atoms. The highest BCUT2D eigenvalue weighted by Gasteiger charge is 2.14. The first-order valence-corrected chi connectivity index (χ1v) is 7.17. The van der Waals surface area contributed by atoms with E-state index in [4.69, 9.17) is 4.74 Å². The van der Waals surface area contributed by atoms with Gasteiger partial charge in [-0.3, -0.25) is 0 Å². The van der Waals surface area contributed by atoms with E-state index < -0.39 is 0 Å². The van der Waals surface area contributed by atoms with Crippen molar-refractivity contribution in [3.8, 4) is 5.69 Å². The van der Waals surface area contributed by atoms with Gasteiger partial charge in [0.15, 0.2) is 0 Å². The third kappa shape index (κ3) is 3.43. The monoisotopic (exact) mass is 272 g/mol. The molecule has 0 aliphatic carbocycles. The Kier molecular flexibility index (Phi) is 4.40. The molecule has 1 aromatic carbocycles. The molecule has 5 nitrogen and oxygen atoms in total. The van der Waals surface area contributed by atoms with Gasteiger partial charge in [-0.2, -0.15) is 15.0 Å². The molecule has 5 heteroatoms. The van der Waals surface area contributed by atoms with Gasteiger partial charge in [0.25, 0.3) is 0 Å². The molecule has 1 N–H and O–H groups in total. The summed E-state index contributed by atoms with van der Waals surface area (Å²) in [4.78, 5) is 1.67. The number of aromatic nitrogens is 3. The average Bonchev–Trinajstić information content (AvgIpc) is 3.16. The maximum Gasteiger partial charge on any atom is 0.0969 e. The van der Waals surface area contributed by atoms with Crippen LogP contribution >= 0.6 is 0 Å². The number of hydrogen-bond donors (Lipinski definition) is 1. The lowest BCUT2D eigenvalue weighted by Crippen LogP contribution is -2.18. The quantitative estimate of drug-likeness (QED) is 0.815. The third-order valence-corrected chi connectivity index (χ3v) is 3.59. The highest BCUT2D eigenvalue weighted by atomic mass is 16.5. The minimum Gasteiger partial charge on any atom is -0.381 e. The molecular weight excluding hydrogens is 252 g/mol. The summed E-state index contributed by atoms with van der Waals surface area (Å²) in [6, 6.07) is 9.96. The summed E-state index contributed by atoms with van der Waals surface area (Å²) < 4.78 is 5.37. The molecule has 1 unspecified atom stereocenters. The second-order valence-electron chi connectivity index (χ2n) is 5.16. The molecule has 1 aliphatic rings. The van der Waals surface area contributed by atoms with Gasteiger partial charge in [-0.25, -0.2) is 0 Å². The van der Waals surface area contributed by atoms with E-state index in [9.17, 15) is 0 Å². The fourth-order valence-corrected chi connectivity index (χ4v) is 2.40. The molecule has 1 aliphatic heterocycles. The van der Waals surface area contributed by atoms with Gasteiger partial charge < -0.3 is 10.1 Å². The Morgan fingerprint density at radius 2 is 2.20 bits per heavy atom. The summed E-state index contributed by atoms with van der Waals surface area (Å²) in [5, 5.41) is 12.2. The van der Waals surface area contributed by atoms with Gasteiger partial charge in [-0.05, 0) is 37.4 Å². The van der Waals surface area contributed by atoms with Crippen LogP contribution in [0, 0.1) is 5.92 Å². The van der Waals surface area contributed by atoms with Crippen LogP contribution in [0.3, 0.4) is 0 Å². The molecule has 0 amide bonds. The highest BCUT2D eigenvalue weighted by Crippen LogP contribution is 2.15. The zero-order chi connectivity index (χ0) is 13.6. The molecule has 1 atom stereocenters. The van der Waals surface area contributed by atoms with E-state index in [0.29, 0.717) is 0 Å². The van der Waals surface area contributed by atoms with Crippen molar-refractivity contribution in [2.45, 2.75) is 19.4 Å². The molecule has 1 aromatic heterocycles. The van der Waals surface area contributed by atoms with Crippen molar-refractivity contribution in [1.82, 2.24) is 20.3 Å². The van der Waals surface area contributed by atoms with Crippen LogP contribution in [-0.2, 0) is 11.3 Å². The molecule has 1 saturated heterocycles. The molecule has 0 radical (unpaired) electrons. The Labute approximate surface area is 118 Å². The van der Waals surface area contributed by atoms with E-state index >= 15 is 0 Å². The van der Waals surface area contributed by atoms with Crippen LogP contribution in [0.4, 0.5) is 0 Å². The van der Waals surface area contributed by atoms with Crippen molar-refractivity contribution in [3.05, 3.63) is 42.2 Å². The van der Waals surface area contributed by atoms with Crippen LogP contribution in [0.1, 0.15) is 18.5 Å². The standard InChI is InChI=1S/C15H20N4O/c1-2-4-15(5-3-1)19-17-11-14(18-19)10-16-8-6-13-7-9-20-12-13/h1-5,11,13,16H,6-10,12H2. The fourth-order valence-electron chi connectivity index (χ4n) is 2.40. The number of nitrogens with zero attached hydrogens (tertiary/aromatic N) is 3. The molecule has 2 heterocycles.